The Morgan fingerprint density at radius 2 is 1.61 bits per heavy atom. The molecule has 0 spiro atoms. The summed E-state index contributed by atoms with van der Waals surface area (Å²) in [6.45, 7) is 2.91. The second-order valence-electron chi connectivity index (χ2n) is 7.40. The molecule has 2 aliphatic rings. The number of hydrogen-bond donors (Lipinski definition) is 0. The average Bonchev–Trinajstić information content (AvgIpc) is 3.33. The number of amides is 1. The van der Waals surface area contributed by atoms with E-state index in [0.29, 0.717) is 42.5 Å². The maximum absolute atomic E-state index is 13.0. The van der Waals surface area contributed by atoms with Crippen molar-refractivity contribution in [2.45, 2.75) is 12.5 Å². The van der Waals surface area contributed by atoms with Crippen molar-refractivity contribution in [2.75, 3.05) is 52.4 Å². The summed E-state index contributed by atoms with van der Waals surface area (Å²) in [5.74, 6) is 1.55. The third kappa shape index (κ3) is 4.23. The van der Waals surface area contributed by atoms with Crippen molar-refractivity contribution in [3.8, 4) is 17.2 Å². The highest BCUT2D eigenvalue weighted by molar-refractivity contribution is 6.05. The second kappa shape index (κ2) is 9.16. The summed E-state index contributed by atoms with van der Waals surface area (Å²) < 4.78 is 16.2. The second-order valence-corrected chi connectivity index (χ2v) is 7.40. The number of para-hydroxylation sites is 1. The van der Waals surface area contributed by atoms with Gasteiger partial charge in [0.15, 0.2) is 11.5 Å². The molecular weight excluding hydrogens is 398 g/mol. The molecule has 31 heavy (non-hydrogen) atoms. The predicted molar refractivity (Wildman–Crippen MR) is 117 cm³/mol. The van der Waals surface area contributed by atoms with Gasteiger partial charge in [0.2, 0.25) is 11.9 Å². The van der Waals surface area contributed by atoms with Gasteiger partial charge in [0.1, 0.15) is 0 Å². The lowest BCUT2D eigenvalue weighted by molar-refractivity contribution is -0.142. The van der Waals surface area contributed by atoms with Crippen molar-refractivity contribution in [3.63, 3.8) is 0 Å². The Morgan fingerprint density at radius 1 is 0.968 bits per heavy atom. The number of benzene rings is 2. The van der Waals surface area contributed by atoms with E-state index in [0.717, 1.165) is 18.7 Å². The van der Waals surface area contributed by atoms with Crippen LogP contribution in [0.15, 0.2) is 47.6 Å². The molecule has 8 nitrogen and oxygen atoms in total. The molecule has 8 heteroatoms. The fraction of sp³-hybridized carbons (Fsp3) is 0.391. The van der Waals surface area contributed by atoms with Gasteiger partial charge in [-0.15, -0.1) is 0 Å². The van der Waals surface area contributed by atoms with Gasteiger partial charge >= 0.3 is 0 Å². The van der Waals surface area contributed by atoms with Crippen LogP contribution in [0.2, 0.25) is 0 Å². The van der Waals surface area contributed by atoms with Gasteiger partial charge in [0, 0.05) is 43.9 Å². The standard InChI is InChI=1S/C23H27N3O5/c1-28-19-13-16(14-20(29-2)22(19)30-3)18-15-21(31-24-18)23(27)26-11-9-25(10-12-26)17-7-5-4-6-8-17/h4-8,13-14,21H,9-12,15H2,1-3H3/t21-/m1/s1. The van der Waals surface area contributed by atoms with E-state index in [4.69, 9.17) is 19.0 Å². The highest BCUT2D eigenvalue weighted by Crippen LogP contribution is 2.39. The molecule has 0 saturated carbocycles. The monoisotopic (exact) mass is 425 g/mol. The molecule has 0 radical (unpaired) electrons. The Bertz CT molecular complexity index is 930. The Balaban J connectivity index is 1.39. The first-order chi connectivity index (χ1) is 15.1. The van der Waals surface area contributed by atoms with E-state index in [1.165, 1.54) is 5.69 Å². The minimum Gasteiger partial charge on any atom is -0.493 e. The van der Waals surface area contributed by atoms with Gasteiger partial charge in [-0.1, -0.05) is 23.4 Å². The van der Waals surface area contributed by atoms with Crippen LogP contribution in [0.3, 0.4) is 0 Å². The molecule has 0 aromatic heterocycles. The van der Waals surface area contributed by atoms with E-state index in [1.54, 1.807) is 21.3 Å². The van der Waals surface area contributed by atoms with Crippen molar-refractivity contribution < 1.29 is 23.8 Å². The summed E-state index contributed by atoms with van der Waals surface area (Å²) in [7, 11) is 4.69. The van der Waals surface area contributed by atoms with Crippen LogP contribution in [0.25, 0.3) is 0 Å². The first-order valence-corrected chi connectivity index (χ1v) is 10.3. The van der Waals surface area contributed by atoms with Gasteiger partial charge in [-0.25, -0.2) is 0 Å². The number of carbonyl (C=O) groups is 1. The molecule has 0 aliphatic carbocycles. The van der Waals surface area contributed by atoms with E-state index < -0.39 is 6.10 Å². The lowest BCUT2D eigenvalue weighted by Gasteiger charge is -2.36. The van der Waals surface area contributed by atoms with Crippen LogP contribution >= 0.6 is 0 Å². The largest absolute Gasteiger partial charge is 0.493 e. The molecule has 0 unspecified atom stereocenters. The molecule has 0 N–H and O–H groups in total. The molecule has 1 saturated heterocycles. The summed E-state index contributed by atoms with van der Waals surface area (Å²) in [6, 6.07) is 13.9. The van der Waals surface area contributed by atoms with Gasteiger partial charge in [-0.2, -0.15) is 0 Å². The highest BCUT2D eigenvalue weighted by Gasteiger charge is 2.34. The first kappa shape index (κ1) is 20.8. The number of nitrogens with zero attached hydrogens (tertiary/aromatic N) is 3. The maximum Gasteiger partial charge on any atom is 0.267 e. The number of ether oxygens (including phenoxy) is 3. The molecule has 2 aromatic rings. The average molecular weight is 425 g/mol. The smallest absolute Gasteiger partial charge is 0.267 e. The highest BCUT2D eigenvalue weighted by atomic mass is 16.6. The Kier molecular flexibility index (Phi) is 6.16. The molecule has 2 heterocycles. The number of piperazine rings is 1. The number of rotatable bonds is 6. The zero-order valence-corrected chi connectivity index (χ0v) is 18.0. The minimum absolute atomic E-state index is 0.0288. The maximum atomic E-state index is 13.0. The third-order valence-electron chi connectivity index (χ3n) is 5.65. The summed E-state index contributed by atoms with van der Waals surface area (Å²) in [5, 5.41) is 4.18. The molecule has 2 aliphatic heterocycles. The third-order valence-corrected chi connectivity index (χ3v) is 5.65. The van der Waals surface area contributed by atoms with Crippen LogP contribution in [0, 0.1) is 0 Å². The molecular formula is C23H27N3O5. The van der Waals surface area contributed by atoms with E-state index in [1.807, 2.05) is 35.2 Å². The first-order valence-electron chi connectivity index (χ1n) is 10.3. The van der Waals surface area contributed by atoms with Crippen molar-refractivity contribution in [2.24, 2.45) is 5.16 Å². The zero-order valence-electron chi connectivity index (χ0n) is 18.0. The number of anilines is 1. The number of methoxy groups -OCH3 is 3. The van der Waals surface area contributed by atoms with Gasteiger partial charge in [0.25, 0.3) is 5.91 Å². The Morgan fingerprint density at radius 3 is 2.19 bits per heavy atom. The minimum atomic E-state index is -0.614. The number of hydrogen-bond acceptors (Lipinski definition) is 7. The fourth-order valence-corrected chi connectivity index (χ4v) is 3.96. The van der Waals surface area contributed by atoms with Gasteiger partial charge in [0.05, 0.1) is 27.0 Å². The quantitative estimate of drug-likeness (QED) is 0.708. The van der Waals surface area contributed by atoms with Crippen LogP contribution in [-0.2, 0) is 9.63 Å². The molecule has 2 aromatic carbocycles. The van der Waals surface area contributed by atoms with Crippen LogP contribution in [0.5, 0.6) is 17.2 Å². The van der Waals surface area contributed by atoms with Crippen LogP contribution in [0.1, 0.15) is 12.0 Å². The summed E-state index contributed by atoms with van der Waals surface area (Å²) in [4.78, 5) is 22.7. The van der Waals surface area contributed by atoms with E-state index in [2.05, 4.69) is 22.2 Å². The molecule has 4 rings (SSSR count). The van der Waals surface area contributed by atoms with E-state index in [-0.39, 0.29) is 5.91 Å². The predicted octanol–water partition coefficient (Wildman–Crippen LogP) is 2.55. The van der Waals surface area contributed by atoms with Crippen molar-refractivity contribution in [3.05, 3.63) is 48.0 Å². The molecule has 1 atom stereocenters. The molecule has 1 amide bonds. The summed E-state index contributed by atoms with van der Waals surface area (Å²) in [5.41, 5.74) is 2.64. The lowest BCUT2D eigenvalue weighted by Crippen LogP contribution is -2.51. The molecule has 1 fully saturated rings. The number of carbonyl (C=O) groups excluding carboxylic acids is 1. The SMILES string of the molecule is COc1cc(C2=NO[C@@H](C(=O)N3CCN(c4ccccc4)CC3)C2)cc(OC)c1OC. The Hall–Kier alpha value is -3.42. The van der Waals surface area contributed by atoms with E-state index >= 15 is 0 Å². The van der Waals surface area contributed by atoms with E-state index in [9.17, 15) is 4.79 Å². The van der Waals surface area contributed by atoms with Crippen LogP contribution in [-0.4, -0.2) is 70.1 Å². The molecule has 0 bridgehead atoms. The van der Waals surface area contributed by atoms with Crippen LogP contribution < -0.4 is 19.1 Å². The van der Waals surface area contributed by atoms with Gasteiger partial charge in [-0.3, -0.25) is 4.79 Å². The van der Waals surface area contributed by atoms with Crippen molar-refractivity contribution in [1.29, 1.82) is 0 Å². The Labute approximate surface area is 181 Å². The lowest BCUT2D eigenvalue weighted by atomic mass is 10.0. The van der Waals surface area contributed by atoms with Crippen LogP contribution in [0.4, 0.5) is 5.69 Å². The molecule has 164 valence electrons. The van der Waals surface area contributed by atoms with Crippen molar-refractivity contribution >= 4 is 17.3 Å². The van der Waals surface area contributed by atoms with Crippen molar-refractivity contribution in [1.82, 2.24) is 4.90 Å². The van der Waals surface area contributed by atoms with Gasteiger partial charge in [-0.05, 0) is 24.3 Å². The van der Waals surface area contributed by atoms with Gasteiger partial charge < -0.3 is 28.8 Å². The zero-order chi connectivity index (χ0) is 21.8. The summed E-state index contributed by atoms with van der Waals surface area (Å²) in [6.07, 6.45) is -0.214. The topological polar surface area (TPSA) is 72.8 Å². The number of oxime groups is 1. The summed E-state index contributed by atoms with van der Waals surface area (Å²) >= 11 is 0. The normalized spacial score (nSPS) is 18.3. The fourth-order valence-electron chi connectivity index (χ4n) is 3.96.